The van der Waals surface area contributed by atoms with Crippen LogP contribution in [0.3, 0.4) is 0 Å². The van der Waals surface area contributed by atoms with E-state index in [9.17, 15) is 5.11 Å². The SMILES string of the molecule is Cc1ccccc1CC(C)(O)c1ccc2c(c1)CCCC2. The number of hydrogen-bond donors (Lipinski definition) is 1. The van der Waals surface area contributed by atoms with Crippen LogP contribution in [0.5, 0.6) is 0 Å². The van der Waals surface area contributed by atoms with E-state index in [-0.39, 0.29) is 0 Å². The normalized spacial score (nSPS) is 17.1. The lowest BCUT2D eigenvalue weighted by atomic mass is 9.83. The fourth-order valence-electron chi connectivity index (χ4n) is 3.35. The van der Waals surface area contributed by atoms with E-state index in [0.29, 0.717) is 6.42 Å². The van der Waals surface area contributed by atoms with Crippen LogP contribution in [0.1, 0.15) is 47.6 Å². The maximum absolute atomic E-state index is 11.0. The summed E-state index contributed by atoms with van der Waals surface area (Å²) >= 11 is 0. The first-order chi connectivity index (χ1) is 10.1. The zero-order valence-electron chi connectivity index (χ0n) is 13.0. The molecule has 1 unspecified atom stereocenters. The Bertz CT molecular complexity index is 640. The molecule has 0 spiro atoms. The van der Waals surface area contributed by atoms with Crippen LogP contribution in [0, 0.1) is 6.92 Å². The first-order valence-electron chi connectivity index (χ1n) is 7.95. The highest BCUT2D eigenvalue weighted by molar-refractivity contribution is 5.38. The summed E-state index contributed by atoms with van der Waals surface area (Å²) in [6.07, 6.45) is 5.58. The average molecular weight is 280 g/mol. The molecule has 2 aromatic carbocycles. The molecule has 2 aromatic rings. The van der Waals surface area contributed by atoms with E-state index in [1.165, 1.54) is 41.5 Å². The van der Waals surface area contributed by atoms with Crippen LogP contribution in [0.25, 0.3) is 0 Å². The molecular weight excluding hydrogens is 256 g/mol. The molecule has 0 aliphatic heterocycles. The minimum absolute atomic E-state index is 0.665. The van der Waals surface area contributed by atoms with E-state index in [1.54, 1.807) is 0 Å². The van der Waals surface area contributed by atoms with Gasteiger partial charge in [-0.3, -0.25) is 0 Å². The van der Waals surface area contributed by atoms with Crippen LogP contribution < -0.4 is 0 Å². The summed E-state index contributed by atoms with van der Waals surface area (Å²) in [5, 5.41) is 11.0. The largest absolute Gasteiger partial charge is 0.385 e. The molecule has 0 fully saturated rings. The Balaban J connectivity index is 1.89. The lowest BCUT2D eigenvalue weighted by Crippen LogP contribution is -2.25. The Kier molecular flexibility index (Phi) is 3.86. The van der Waals surface area contributed by atoms with Crippen molar-refractivity contribution in [2.24, 2.45) is 0 Å². The lowest BCUT2D eigenvalue weighted by molar-refractivity contribution is 0.0573. The monoisotopic (exact) mass is 280 g/mol. The molecular formula is C20H24O. The number of fused-ring (bicyclic) bond motifs is 1. The summed E-state index contributed by atoms with van der Waals surface area (Å²) in [6, 6.07) is 14.9. The van der Waals surface area contributed by atoms with Gasteiger partial charge in [0.15, 0.2) is 0 Å². The molecule has 0 saturated heterocycles. The van der Waals surface area contributed by atoms with Crippen molar-refractivity contribution in [1.82, 2.24) is 0 Å². The number of aliphatic hydroxyl groups is 1. The smallest absolute Gasteiger partial charge is 0.0908 e. The second kappa shape index (κ2) is 5.65. The molecule has 0 amide bonds. The molecule has 0 saturated carbocycles. The zero-order valence-corrected chi connectivity index (χ0v) is 13.0. The van der Waals surface area contributed by atoms with Crippen molar-refractivity contribution in [3.8, 4) is 0 Å². The van der Waals surface area contributed by atoms with E-state index >= 15 is 0 Å². The van der Waals surface area contributed by atoms with Crippen LogP contribution >= 0.6 is 0 Å². The Hall–Kier alpha value is -1.60. The summed E-state index contributed by atoms with van der Waals surface area (Å²) in [5.41, 5.74) is 5.61. The van der Waals surface area contributed by atoms with Crippen molar-refractivity contribution >= 4 is 0 Å². The van der Waals surface area contributed by atoms with Crippen LogP contribution in [-0.4, -0.2) is 5.11 Å². The van der Waals surface area contributed by atoms with Gasteiger partial charge in [0.1, 0.15) is 0 Å². The first-order valence-corrected chi connectivity index (χ1v) is 7.95. The molecule has 1 aliphatic rings. The standard InChI is InChI=1S/C20H24O/c1-15-7-3-4-10-18(15)14-20(2,21)19-12-11-16-8-5-6-9-17(16)13-19/h3-4,7,10-13,21H,5-6,8-9,14H2,1-2H3. The molecule has 0 radical (unpaired) electrons. The topological polar surface area (TPSA) is 20.2 Å². The van der Waals surface area contributed by atoms with E-state index in [0.717, 1.165) is 12.0 Å². The van der Waals surface area contributed by atoms with Crippen LogP contribution in [-0.2, 0) is 24.9 Å². The summed E-state index contributed by atoms with van der Waals surface area (Å²) in [7, 11) is 0. The average Bonchev–Trinajstić information content (AvgIpc) is 2.49. The fraction of sp³-hybridized carbons (Fsp3) is 0.400. The van der Waals surface area contributed by atoms with Gasteiger partial charge in [-0.25, -0.2) is 0 Å². The van der Waals surface area contributed by atoms with Crippen molar-refractivity contribution < 1.29 is 5.11 Å². The molecule has 0 heterocycles. The molecule has 3 rings (SSSR count). The molecule has 0 bridgehead atoms. The van der Waals surface area contributed by atoms with E-state index < -0.39 is 5.60 Å². The van der Waals surface area contributed by atoms with Gasteiger partial charge in [-0.15, -0.1) is 0 Å². The van der Waals surface area contributed by atoms with Gasteiger partial charge in [0.05, 0.1) is 5.60 Å². The van der Waals surface area contributed by atoms with Crippen molar-refractivity contribution in [3.05, 3.63) is 70.3 Å². The van der Waals surface area contributed by atoms with Gasteiger partial charge >= 0.3 is 0 Å². The second-order valence-electron chi connectivity index (χ2n) is 6.57. The van der Waals surface area contributed by atoms with Gasteiger partial charge in [-0.2, -0.15) is 0 Å². The van der Waals surface area contributed by atoms with Crippen LogP contribution in [0.15, 0.2) is 42.5 Å². The van der Waals surface area contributed by atoms with E-state index in [2.05, 4.69) is 37.3 Å². The van der Waals surface area contributed by atoms with Crippen molar-refractivity contribution in [3.63, 3.8) is 0 Å². The number of benzene rings is 2. The third kappa shape index (κ3) is 3.03. The van der Waals surface area contributed by atoms with Gasteiger partial charge in [0.2, 0.25) is 0 Å². The molecule has 21 heavy (non-hydrogen) atoms. The predicted octanol–water partition coefficient (Wildman–Crippen LogP) is 4.32. The van der Waals surface area contributed by atoms with Crippen LogP contribution in [0.2, 0.25) is 0 Å². The minimum atomic E-state index is -0.807. The van der Waals surface area contributed by atoms with Gasteiger partial charge < -0.3 is 5.11 Å². The number of aryl methyl sites for hydroxylation is 3. The highest BCUT2D eigenvalue weighted by atomic mass is 16.3. The molecule has 1 aliphatic carbocycles. The van der Waals surface area contributed by atoms with Gasteiger partial charge in [-0.1, -0.05) is 42.5 Å². The van der Waals surface area contributed by atoms with Crippen molar-refractivity contribution in [2.75, 3.05) is 0 Å². The maximum Gasteiger partial charge on any atom is 0.0908 e. The summed E-state index contributed by atoms with van der Waals surface area (Å²) in [6.45, 7) is 4.04. The quantitative estimate of drug-likeness (QED) is 0.887. The Morgan fingerprint density at radius 2 is 1.71 bits per heavy atom. The fourth-order valence-corrected chi connectivity index (χ4v) is 3.35. The Labute approximate surface area is 127 Å². The molecule has 1 atom stereocenters. The Morgan fingerprint density at radius 1 is 1.00 bits per heavy atom. The summed E-state index contributed by atoms with van der Waals surface area (Å²) in [5.74, 6) is 0. The molecule has 110 valence electrons. The van der Waals surface area contributed by atoms with Crippen molar-refractivity contribution in [2.45, 2.75) is 51.6 Å². The molecule has 1 nitrogen and oxygen atoms in total. The van der Waals surface area contributed by atoms with Gasteiger partial charge in [-0.05, 0) is 67.3 Å². The number of hydrogen-bond acceptors (Lipinski definition) is 1. The van der Waals surface area contributed by atoms with Crippen molar-refractivity contribution in [1.29, 1.82) is 0 Å². The van der Waals surface area contributed by atoms with Gasteiger partial charge in [0.25, 0.3) is 0 Å². The predicted molar refractivity (Wildman–Crippen MR) is 87.5 cm³/mol. The second-order valence-corrected chi connectivity index (χ2v) is 6.57. The number of rotatable bonds is 3. The lowest BCUT2D eigenvalue weighted by Gasteiger charge is -2.27. The van der Waals surface area contributed by atoms with E-state index in [1.807, 2.05) is 19.1 Å². The minimum Gasteiger partial charge on any atom is -0.385 e. The highest BCUT2D eigenvalue weighted by Crippen LogP contribution is 2.30. The highest BCUT2D eigenvalue weighted by Gasteiger charge is 2.25. The van der Waals surface area contributed by atoms with Crippen LogP contribution in [0.4, 0.5) is 0 Å². The third-order valence-electron chi connectivity index (χ3n) is 4.77. The maximum atomic E-state index is 11.0. The zero-order chi connectivity index (χ0) is 14.9. The first kappa shape index (κ1) is 14.3. The molecule has 1 heteroatoms. The van der Waals surface area contributed by atoms with Gasteiger partial charge in [0, 0.05) is 6.42 Å². The molecule has 0 aromatic heterocycles. The summed E-state index contributed by atoms with van der Waals surface area (Å²) in [4.78, 5) is 0. The summed E-state index contributed by atoms with van der Waals surface area (Å²) < 4.78 is 0. The van der Waals surface area contributed by atoms with E-state index in [4.69, 9.17) is 0 Å². The molecule has 1 N–H and O–H groups in total. The Morgan fingerprint density at radius 3 is 2.48 bits per heavy atom. The third-order valence-corrected chi connectivity index (χ3v) is 4.77.